The van der Waals surface area contributed by atoms with Gasteiger partial charge in [0.1, 0.15) is 0 Å². The third-order valence-electron chi connectivity index (χ3n) is 13.7. The van der Waals surface area contributed by atoms with Gasteiger partial charge in [-0.25, -0.2) is 0 Å². The van der Waals surface area contributed by atoms with E-state index in [0.29, 0.717) is 0 Å². The zero-order valence-corrected chi connectivity index (χ0v) is 53.8. The molecule has 0 spiro atoms. The minimum atomic E-state index is -1.19. The molecule has 0 atom stereocenters. The van der Waals surface area contributed by atoms with Crippen molar-refractivity contribution < 1.29 is 62.2 Å². The third-order valence-corrected chi connectivity index (χ3v) is 19.0. The lowest BCUT2D eigenvalue weighted by atomic mass is 10.0. The lowest BCUT2D eigenvalue weighted by molar-refractivity contribution is -0.597. The Morgan fingerprint density at radius 3 is 0.756 bits per heavy atom. The van der Waals surface area contributed by atoms with Gasteiger partial charge in [-0.15, -0.1) is 0 Å². The highest BCUT2D eigenvalue weighted by molar-refractivity contribution is 5.83. The van der Waals surface area contributed by atoms with Gasteiger partial charge in [-0.1, -0.05) is 248 Å². The normalized spacial score (nSPS) is 10.7. The van der Waals surface area contributed by atoms with Crippen LogP contribution in [0.2, 0.25) is 0 Å². The van der Waals surface area contributed by atoms with Crippen molar-refractivity contribution >= 4 is 18.0 Å². The summed E-state index contributed by atoms with van der Waals surface area (Å²) in [7, 11) is 0. The first-order valence-electron chi connectivity index (χ1n) is 30.5. The molecular weight excluding hydrogens is 1180 g/mol. The quantitative estimate of drug-likeness (QED) is 0.0225. The van der Waals surface area contributed by atoms with Crippen LogP contribution < -0.4 is 52.6 Å². The molecule has 0 aliphatic carbocycles. The van der Waals surface area contributed by atoms with Crippen molar-refractivity contribution in [1.82, 2.24) is 0 Å². The molecule has 0 aliphatic rings. The van der Waals surface area contributed by atoms with Crippen LogP contribution in [0.4, 0.5) is 0 Å². The summed E-state index contributed by atoms with van der Waals surface area (Å²) in [5.41, 5.74) is 8.33. The van der Waals surface area contributed by atoms with Gasteiger partial charge in [0.15, 0.2) is 14.3 Å². The first-order valence-corrected chi connectivity index (χ1v) is 34.8. The van der Waals surface area contributed by atoms with E-state index in [1.54, 1.807) is 6.08 Å². The van der Waals surface area contributed by atoms with Crippen LogP contribution in [0, 0.1) is 14.3 Å². The van der Waals surface area contributed by atoms with Crippen LogP contribution in [0.1, 0.15) is 235 Å². The van der Waals surface area contributed by atoms with Crippen LogP contribution in [0.5, 0.6) is 0 Å². The predicted octanol–water partition coefficient (Wildman–Crippen LogP) is 12.0. The molecule has 0 N–H and O–H groups in total. The van der Waals surface area contributed by atoms with Gasteiger partial charge in [0.2, 0.25) is 0 Å². The first kappa shape index (κ1) is 70.1. The fourth-order valence-corrected chi connectivity index (χ4v) is 13.0. The van der Waals surface area contributed by atoms with E-state index in [0.717, 1.165) is 18.1 Å². The minimum Gasteiger partial charge on any atom is -0.545 e. The topological polar surface area (TPSA) is 80.3 Å². The molecule has 0 radical (unpaired) electrons. The molecule has 0 unspecified atom stereocenters. The molecule has 0 aromatic heterocycles. The van der Waals surface area contributed by atoms with Gasteiger partial charge in [-0.05, 0) is 165 Å². The summed E-state index contributed by atoms with van der Waals surface area (Å²) in [5.74, 6) is -2.34. The van der Waals surface area contributed by atoms with Crippen molar-refractivity contribution in [2.45, 2.75) is 234 Å². The van der Waals surface area contributed by atoms with Crippen molar-refractivity contribution in [3.8, 4) is 0 Å². The van der Waals surface area contributed by atoms with Gasteiger partial charge in [0.05, 0.1) is 11.9 Å². The SMILES string of the molecule is C=C(C)C(=O)[O-].CCCCCCCc1ccc(C=CC(=O)[O-])cc1.CCCCCCCc1ccc([I+]c2ccc(CCCCCCC)cc2)cc1.CCCCCCCc1ccc([I+]c2ccc(CCCCCCC)cc2)cc1. The maximum Gasteiger partial charge on any atom is 0.357 e. The molecule has 5 aromatic rings. The zero-order chi connectivity index (χ0) is 56.7. The lowest BCUT2D eigenvalue weighted by Crippen LogP contribution is -3.61. The van der Waals surface area contributed by atoms with Crippen molar-refractivity contribution in [1.29, 1.82) is 0 Å². The van der Waals surface area contributed by atoms with Crippen LogP contribution in [0.3, 0.4) is 0 Å². The highest BCUT2D eigenvalue weighted by Crippen LogP contribution is 2.14. The number of halogens is 2. The number of aryl methyl sites for hydroxylation is 5. The van der Waals surface area contributed by atoms with Crippen molar-refractivity contribution in [3.05, 3.63) is 187 Å². The van der Waals surface area contributed by atoms with E-state index < -0.39 is 11.9 Å². The van der Waals surface area contributed by atoms with Crippen molar-refractivity contribution in [2.75, 3.05) is 0 Å². The van der Waals surface area contributed by atoms with Gasteiger partial charge in [-0.2, -0.15) is 0 Å². The number of benzene rings is 5. The predicted molar refractivity (Wildman–Crippen MR) is 323 cm³/mol. The first-order chi connectivity index (χ1) is 38.0. The fraction of sp³-hybridized carbons (Fsp3) is 0.500. The Labute approximate surface area is 497 Å². The second-order valence-corrected chi connectivity index (χ2v) is 27.0. The summed E-state index contributed by atoms with van der Waals surface area (Å²) >= 11 is -0.0816. The van der Waals surface area contributed by atoms with Crippen LogP contribution in [0.25, 0.3) is 6.08 Å². The van der Waals surface area contributed by atoms with E-state index >= 15 is 0 Å². The van der Waals surface area contributed by atoms with Crippen LogP contribution in [-0.4, -0.2) is 11.9 Å². The third kappa shape index (κ3) is 37.8. The Morgan fingerprint density at radius 2 is 0.564 bits per heavy atom. The molecule has 0 amide bonds. The molecule has 428 valence electrons. The summed E-state index contributed by atoms with van der Waals surface area (Å²) in [6, 6.07) is 45.9. The number of carbonyl (C=O) groups is 2. The molecule has 0 aliphatic heterocycles. The second kappa shape index (κ2) is 47.8. The highest BCUT2D eigenvalue weighted by Gasteiger charge is 2.16. The molecule has 5 aromatic carbocycles. The summed E-state index contributed by atoms with van der Waals surface area (Å²) in [4.78, 5) is 19.8. The van der Waals surface area contributed by atoms with E-state index in [9.17, 15) is 19.8 Å². The Hall–Kier alpha value is -4.02. The standard InChI is InChI=1S/2C26H38I.C16H22O2.C4H6O2/c2*1-3-5-7-9-11-13-23-15-19-25(20-16-23)27-26-21-17-24(18-22-26)14-12-10-8-6-4-2;1-2-3-4-5-6-7-14-8-10-15(11-9-14)12-13-16(17)18;1-3(2)4(5)6/h2*15-22H,3-14H2,1-2H3;8-13H,2-7H2,1H3,(H,17,18);1H2,2H3,(H,5,6)/q2*+1;;/p-2. The summed E-state index contributed by atoms with van der Waals surface area (Å²) in [6.07, 6.45) is 42.5. The van der Waals surface area contributed by atoms with E-state index in [-0.39, 0.29) is 48.0 Å². The minimum absolute atomic E-state index is 0.0408. The van der Waals surface area contributed by atoms with Gasteiger partial charge in [-0.3, -0.25) is 0 Å². The maximum absolute atomic E-state index is 10.3. The molecule has 78 heavy (non-hydrogen) atoms. The average Bonchev–Trinajstić information content (AvgIpc) is 3.45. The van der Waals surface area contributed by atoms with Gasteiger partial charge < -0.3 is 19.8 Å². The highest BCUT2D eigenvalue weighted by atomic mass is 127. The number of carboxylic acid groups (broad SMARTS) is 2. The summed E-state index contributed by atoms with van der Waals surface area (Å²) < 4.78 is 6.15. The van der Waals surface area contributed by atoms with Crippen molar-refractivity contribution in [3.63, 3.8) is 0 Å². The molecule has 0 saturated carbocycles. The van der Waals surface area contributed by atoms with Crippen LogP contribution in [0.15, 0.2) is 140 Å². The Balaban J connectivity index is 0.000000386. The Morgan fingerprint density at radius 1 is 0.359 bits per heavy atom. The number of hydrogen-bond donors (Lipinski definition) is 0. The lowest BCUT2D eigenvalue weighted by Gasteiger charge is -2.02. The summed E-state index contributed by atoms with van der Waals surface area (Å²) in [5, 5.41) is 19.8. The number of aliphatic carboxylic acids is 2. The largest absolute Gasteiger partial charge is 0.545 e. The average molecular weight is 1290 g/mol. The van der Waals surface area contributed by atoms with Crippen LogP contribution >= 0.6 is 0 Å². The number of rotatable bonds is 37. The number of carboxylic acids is 2. The zero-order valence-electron chi connectivity index (χ0n) is 49.5. The maximum atomic E-state index is 10.3. The van der Waals surface area contributed by atoms with Crippen LogP contribution in [-0.2, 0) is 41.7 Å². The number of unbranched alkanes of at least 4 members (excludes halogenated alkanes) is 20. The molecule has 6 heteroatoms. The monoisotopic (exact) mass is 1280 g/mol. The van der Waals surface area contributed by atoms with E-state index in [4.69, 9.17) is 0 Å². The summed E-state index contributed by atoms with van der Waals surface area (Å²) in [6.45, 7) is 15.8. The molecule has 5 rings (SSSR count). The molecule has 0 fully saturated rings. The smallest absolute Gasteiger partial charge is 0.357 e. The van der Waals surface area contributed by atoms with Crippen molar-refractivity contribution in [2.24, 2.45) is 0 Å². The Bertz CT molecular complexity index is 2030. The van der Waals surface area contributed by atoms with E-state index in [2.05, 4.69) is 150 Å². The number of carbonyl (C=O) groups excluding carboxylic acids is 2. The Kier molecular flexibility index (Phi) is 42.9. The fourth-order valence-electron chi connectivity index (χ4n) is 8.73. The van der Waals surface area contributed by atoms with E-state index in [1.165, 1.54) is 235 Å². The molecular formula is C72H102I2O4. The van der Waals surface area contributed by atoms with Gasteiger partial charge >= 0.3 is 42.4 Å². The second-order valence-electron chi connectivity index (χ2n) is 21.0. The molecule has 0 bridgehead atoms. The van der Waals surface area contributed by atoms with Gasteiger partial charge in [0, 0.05) is 0 Å². The van der Waals surface area contributed by atoms with Gasteiger partial charge in [0.25, 0.3) is 0 Å². The number of hydrogen-bond acceptors (Lipinski definition) is 4. The molecule has 0 heterocycles. The molecule has 0 saturated heterocycles. The van der Waals surface area contributed by atoms with E-state index in [1.807, 2.05) is 12.1 Å². The molecule has 4 nitrogen and oxygen atoms in total.